The van der Waals surface area contributed by atoms with Crippen LogP contribution in [0.4, 0.5) is 0 Å². The zero-order chi connectivity index (χ0) is 13.5. The molecule has 1 aliphatic heterocycles. The van der Waals surface area contributed by atoms with Crippen molar-refractivity contribution >= 4 is 0 Å². The number of nitriles is 1. The van der Waals surface area contributed by atoms with Gasteiger partial charge in [0.05, 0.1) is 11.6 Å². The fourth-order valence-electron chi connectivity index (χ4n) is 2.38. The lowest BCUT2D eigenvalue weighted by Gasteiger charge is -2.32. The minimum atomic E-state index is 0.235. The maximum Gasteiger partial charge on any atom is 0.121 e. The molecule has 2 rings (SSSR count). The minimum Gasteiger partial charge on any atom is -0.490 e. The Hall–Kier alpha value is -1.57. The fraction of sp³-hybridized carbons (Fsp3) is 0.533. The molecule has 19 heavy (non-hydrogen) atoms. The number of ether oxygens (including phenoxy) is 1. The first-order valence-electron chi connectivity index (χ1n) is 6.82. The van der Waals surface area contributed by atoms with Gasteiger partial charge in [-0.3, -0.25) is 0 Å². The Labute approximate surface area is 114 Å². The van der Waals surface area contributed by atoms with Crippen molar-refractivity contribution in [2.24, 2.45) is 0 Å². The van der Waals surface area contributed by atoms with E-state index in [1.54, 1.807) is 12.1 Å². The van der Waals surface area contributed by atoms with Crippen LogP contribution >= 0.6 is 0 Å². The zero-order valence-corrected chi connectivity index (χ0v) is 11.1. The van der Waals surface area contributed by atoms with Crippen molar-refractivity contribution in [3.8, 4) is 11.8 Å². The average Bonchev–Trinajstić information content (AvgIpc) is 2.47. The number of hydrogen-bond donors (Lipinski definition) is 1. The lowest BCUT2D eigenvalue weighted by Crippen LogP contribution is -2.38. The number of likely N-dealkylation sites (tertiary alicyclic amines) is 1. The van der Waals surface area contributed by atoms with Gasteiger partial charge in [0.1, 0.15) is 11.9 Å². The maximum atomic E-state index is 8.85. The number of rotatable bonds is 5. The van der Waals surface area contributed by atoms with Crippen LogP contribution < -0.4 is 4.74 Å². The molecule has 0 atom stereocenters. The van der Waals surface area contributed by atoms with Crippen LogP contribution in [0.15, 0.2) is 24.3 Å². The van der Waals surface area contributed by atoms with E-state index in [-0.39, 0.29) is 12.7 Å². The van der Waals surface area contributed by atoms with Crippen molar-refractivity contribution in [1.29, 1.82) is 5.26 Å². The van der Waals surface area contributed by atoms with Crippen LogP contribution in [-0.4, -0.2) is 42.4 Å². The predicted molar refractivity (Wildman–Crippen MR) is 72.9 cm³/mol. The van der Waals surface area contributed by atoms with Gasteiger partial charge in [0.25, 0.3) is 0 Å². The number of aliphatic hydroxyl groups excluding tert-OH is 1. The molecule has 1 aromatic rings. The van der Waals surface area contributed by atoms with E-state index in [9.17, 15) is 0 Å². The second-order valence-corrected chi connectivity index (χ2v) is 4.88. The summed E-state index contributed by atoms with van der Waals surface area (Å²) in [4.78, 5) is 2.36. The summed E-state index contributed by atoms with van der Waals surface area (Å²) in [7, 11) is 0. The highest BCUT2D eigenvalue weighted by atomic mass is 16.5. The number of nitrogens with zero attached hydrogens (tertiary/aromatic N) is 2. The van der Waals surface area contributed by atoms with Crippen molar-refractivity contribution in [1.82, 2.24) is 4.90 Å². The van der Waals surface area contributed by atoms with E-state index in [0.29, 0.717) is 5.56 Å². The molecular formula is C15H20N2O2. The molecule has 0 aliphatic carbocycles. The Morgan fingerprint density at radius 1 is 1.37 bits per heavy atom. The number of aliphatic hydroxyl groups is 1. The topological polar surface area (TPSA) is 56.5 Å². The van der Waals surface area contributed by atoms with E-state index in [0.717, 1.165) is 44.6 Å². The van der Waals surface area contributed by atoms with Crippen molar-refractivity contribution in [2.45, 2.75) is 25.4 Å². The molecule has 1 saturated heterocycles. The summed E-state index contributed by atoms with van der Waals surface area (Å²) in [6, 6.07) is 9.45. The molecule has 0 spiro atoms. The standard InChI is InChI=1S/C15H20N2O2/c16-12-13-3-1-4-15(11-13)19-14-5-8-17(9-6-14)7-2-10-18/h1,3-4,11,14,18H,2,5-10H2. The van der Waals surface area contributed by atoms with Crippen molar-refractivity contribution in [2.75, 3.05) is 26.2 Å². The molecule has 0 radical (unpaired) electrons. The van der Waals surface area contributed by atoms with E-state index >= 15 is 0 Å². The highest BCUT2D eigenvalue weighted by molar-refractivity contribution is 5.36. The second-order valence-electron chi connectivity index (χ2n) is 4.88. The number of hydrogen-bond acceptors (Lipinski definition) is 4. The zero-order valence-electron chi connectivity index (χ0n) is 11.1. The second kappa shape index (κ2) is 7.13. The summed E-state index contributed by atoms with van der Waals surface area (Å²) in [6.07, 6.45) is 3.08. The van der Waals surface area contributed by atoms with Gasteiger partial charge in [-0.1, -0.05) is 6.07 Å². The summed E-state index contributed by atoms with van der Waals surface area (Å²) >= 11 is 0. The molecule has 1 fully saturated rings. The van der Waals surface area contributed by atoms with Gasteiger partial charge in [-0.25, -0.2) is 0 Å². The minimum absolute atomic E-state index is 0.235. The number of benzene rings is 1. The Bertz CT molecular complexity index is 434. The molecule has 0 saturated carbocycles. The predicted octanol–water partition coefficient (Wildman–Crippen LogP) is 1.78. The van der Waals surface area contributed by atoms with E-state index in [2.05, 4.69) is 11.0 Å². The molecule has 0 aromatic heterocycles. The van der Waals surface area contributed by atoms with Gasteiger partial charge >= 0.3 is 0 Å². The summed E-state index contributed by atoms with van der Waals surface area (Å²) < 4.78 is 5.92. The normalized spacial score (nSPS) is 17.1. The molecule has 0 bridgehead atoms. The first kappa shape index (κ1) is 13.9. The fourth-order valence-corrected chi connectivity index (χ4v) is 2.38. The van der Waals surface area contributed by atoms with Gasteiger partial charge < -0.3 is 14.7 Å². The SMILES string of the molecule is N#Cc1cccc(OC2CCN(CCCO)CC2)c1. The van der Waals surface area contributed by atoms with Crippen LogP contribution in [0.25, 0.3) is 0 Å². The van der Waals surface area contributed by atoms with E-state index in [4.69, 9.17) is 15.1 Å². The molecule has 4 nitrogen and oxygen atoms in total. The maximum absolute atomic E-state index is 8.85. The Kier molecular flexibility index (Phi) is 5.20. The van der Waals surface area contributed by atoms with Gasteiger partial charge in [-0.2, -0.15) is 5.26 Å². The van der Waals surface area contributed by atoms with Crippen molar-refractivity contribution in [3.05, 3.63) is 29.8 Å². The Balaban J connectivity index is 1.80. The molecular weight excluding hydrogens is 240 g/mol. The molecule has 0 amide bonds. The molecule has 1 aromatic carbocycles. The number of piperidine rings is 1. The van der Waals surface area contributed by atoms with Crippen LogP contribution in [0, 0.1) is 11.3 Å². The van der Waals surface area contributed by atoms with E-state index in [1.807, 2.05) is 12.1 Å². The van der Waals surface area contributed by atoms with Gasteiger partial charge in [-0.05, 0) is 37.5 Å². The summed E-state index contributed by atoms with van der Waals surface area (Å²) in [5.41, 5.74) is 0.637. The van der Waals surface area contributed by atoms with E-state index < -0.39 is 0 Å². The lowest BCUT2D eigenvalue weighted by molar-refractivity contribution is 0.0963. The quantitative estimate of drug-likeness (QED) is 0.877. The van der Waals surface area contributed by atoms with Crippen molar-refractivity contribution in [3.63, 3.8) is 0 Å². The van der Waals surface area contributed by atoms with Crippen LogP contribution in [0.5, 0.6) is 5.75 Å². The molecule has 4 heteroatoms. The Morgan fingerprint density at radius 3 is 2.84 bits per heavy atom. The third-order valence-electron chi connectivity index (χ3n) is 3.43. The highest BCUT2D eigenvalue weighted by Crippen LogP contribution is 2.20. The summed E-state index contributed by atoms with van der Waals surface area (Å²) in [5, 5.41) is 17.7. The molecule has 0 unspecified atom stereocenters. The average molecular weight is 260 g/mol. The van der Waals surface area contributed by atoms with Gasteiger partial charge in [-0.15, -0.1) is 0 Å². The van der Waals surface area contributed by atoms with E-state index in [1.165, 1.54) is 0 Å². The van der Waals surface area contributed by atoms with Crippen LogP contribution in [0.1, 0.15) is 24.8 Å². The van der Waals surface area contributed by atoms with Gasteiger partial charge in [0, 0.05) is 26.2 Å². The van der Waals surface area contributed by atoms with Crippen LogP contribution in [0.3, 0.4) is 0 Å². The summed E-state index contributed by atoms with van der Waals surface area (Å²) in [6.45, 7) is 3.26. The monoisotopic (exact) mass is 260 g/mol. The largest absolute Gasteiger partial charge is 0.490 e. The highest BCUT2D eigenvalue weighted by Gasteiger charge is 2.20. The molecule has 1 N–H and O–H groups in total. The molecule has 102 valence electrons. The molecule has 1 aliphatic rings. The van der Waals surface area contributed by atoms with Gasteiger partial charge in [0.2, 0.25) is 0 Å². The smallest absolute Gasteiger partial charge is 0.121 e. The summed E-state index contributed by atoms with van der Waals surface area (Å²) in [5.74, 6) is 0.785. The lowest BCUT2D eigenvalue weighted by atomic mass is 10.1. The van der Waals surface area contributed by atoms with Crippen molar-refractivity contribution < 1.29 is 9.84 Å². The van der Waals surface area contributed by atoms with Crippen LogP contribution in [-0.2, 0) is 0 Å². The first-order chi connectivity index (χ1) is 9.31. The van der Waals surface area contributed by atoms with Crippen LogP contribution in [0.2, 0.25) is 0 Å². The third kappa shape index (κ3) is 4.23. The third-order valence-corrected chi connectivity index (χ3v) is 3.43. The molecule has 1 heterocycles. The van der Waals surface area contributed by atoms with Gasteiger partial charge in [0.15, 0.2) is 0 Å². The first-order valence-corrected chi connectivity index (χ1v) is 6.82. The Morgan fingerprint density at radius 2 is 2.16 bits per heavy atom.